The first kappa shape index (κ1) is 11.0. The lowest BCUT2D eigenvalue weighted by Crippen LogP contribution is -2.42. The molecule has 0 rings (SSSR count). The highest BCUT2D eigenvalue weighted by atomic mass is 16.3. The Morgan fingerprint density at radius 2 is 2.00 bits per heavy atom. The van der Waals surface area contributed by atoms with Gasteiger partial charge in [0.2, 0.25) is 5.91 Å². The standard InChI is InChI=1S/C9H15NO2/c1-5-8(6(2)3)10-9(12)7(4)11/h1,6-8,11H,2-4H3,(H,10,12)/t7-,8?/m1/s1. The molecular weight excluding hydrogens is 154 g/mol. The first-order chi connectivity index (χ1) is 5.49. The van der Waals surface area contributed by atoms with E-state index in [2.05, 4.69) is 11.2 Å². The lowest BCUT2D eigenvalue weighted by molar-refractivity contribution is -0.129. The van der Waals surface area contributed by atoms with E-state index >= 15 is 0 Å². The summed E-state index contributed by atoms with van der Waals surface area (Å²) in [5, 5.41) is 11.4. The first-order valence-corrected chi connectivity index (χ1v) is 3.93. The zero-order chi connectivity index (χ0) is 9.72. The van der Waals surface area contributed by atoms with Crippen molar-refractivity contribution < 1.29 is 9.90 Å². The Hall–Kier alpha value is -1.01. The van der Waals surface area contributed by atoms with E-state index in [1.807, 2.05) is 13.8 Å². The Balaban J connectivity index is 4.06. The normalized spacial score (nSPS) is 15.0. The van der Waals surface area contributed by atoms with Gasteiger partial charge in [-0.25, -0.2) is 0 Å². The number of aliphatic hydroxyl groups is 1. The second-order valence-corrected chi connectivity index (χ2v) is 3.07. The third-order valence-electron chi connectivity index (χ3n) is 1.52. The Labute approximate surface area is 73.2 Å². The summed E-state index contributed by atoms with van der Waals surface area (Å²) in [4.78, 5) is 11.0. The van der Waals surface area contributed by atoms with Gasteiger partial charge in [0.25, 0.3) is 0 Å². The van der Waals surface area contributed by atoms with Crippen molar-refractivity contribution in [3.05, 3.63) is 0 Å². The molecule has 3 nitrogen and oxygen atoms in total. The summed E-state index contributed by atoms with van der Waals surface area (Å²) in [5.74, 6) is 2.20. The zero-order valence-electron chi connectivity index (χ0n) is 7.66. The zero-order valence-corrected chi connectivity index (χ0v) is 7.66. The van der Waals surface area contributed by atoms with Crippen LogP contribution in [0.15, 0.2) is 0 Å². The van der Waals surface area contributed by atoms with Crippen LogP contribution in [0.25, 0.3) is 0 Å². The van der Waals surface area contributed by atoms with E-state index in [-0.39, 0.29) is 12.0 Å². The summed E-state index contributed by atoms with van der Waals surface area (Å²) in [6.45, 7) is 5.23. The molecule has 0 radical (unpaired) electrons. The van der Waals surface area contributed by atoms with Gasteiger partial charge < -0.3 is 10.4 Å². The molecule has 2 atom stereocenters. The number of terminal acetylenes is 1. The molecule has 0 saturated heterocycles. The first-order valence-electron chi connectivity index (χ1n) is 3.93. The number of aliphatic hydroxyl groups excluding tert-OH is 1. The highest BCUT2D eigenvalue weighted by molar-refractivity contribution is 5.80. The molecule has 0 aliphatic heterocycles. The van der Waals surface area contributed by atoms with E-state index in [0.717, 1.165) is 0 Å². The van der Waals surface area contributed by atoms with Crippen molar-refractivity contribution in [3.63, 3.8) is 0 Å². The third kappa shape index (κ3) is 3.40. The summed E-state index contributed by atoms with van der Waals surface area (Å²) in [6, 6.07) is -0.299. The van der Waals surface area contributed by atoms with E-state index < -0.39 is 12.0 Å². The third-order valence-corrected chi connectivity index (χ3v) is 1.52. The van der Waals surface area contributed by atoms with Gasteiger partial charge in [0.1, 0.15) is 6.10 Å². The lowest BCUT2D eigenvalue weighted by atomic mass is 10.1. The fourth-order valence-corrected chi connectivity index (χ4v) is 0.675. The molecular formula is C9H15NO2. The number of carbonyl (C=O) groups excluding carboxylic acids is 1. The predicted octanol–water partition coefficient (Wildman–Crippen LogP) is 0.141. The maximum Gasteiger partial charge on any atom is 0.249 e. The van der Waals surface area contributed by atoms with Gasteiger partial charge in [-0.05, 0) is 12.8 Å². The van der Waals surface area contributed by atoms with Crippen molar-refractivity contribution >= 4 is 5.91 Å². The van der Waals surface area contributed by atoms with Crippen LogP contribution >= 0.6 is 0 Å². The average molecular weight is 169 g/mol. The van der Waals surface area contributed by atoms with E-state index in [4.69, 9.17) is 11.5 Å². The van der Waals surface area contributed by atoms with Gasteiger partial charge in [-0.2, -0.15) is 0 Å². The molecule has 0 aromatic rings. The van der Waals surface area contributed by atoms with Crippen LogP contribution < -0.4 is 5.32 Å². The quantitative estimate of drug-likeness (QED) is 0.590. The van der Waals surface area contributed by atoms with Gasteiger partial charge in [0.15, 0.2) is 0 Å². The van der Waals surface area contributed by atoms with Gasteiger partial charge >= 0.3 is 0 Å². The van der Waals surface area contributed by atoms with Gasteiger partial charge in [-0.1, -0.05) is 19.8 Å². The molecule has 0 aromatic carbocycles. The molecule has 3 heteroatoms. The van der Waals surface area contributed by atoms with Gasteiger partial charge in [0, 0.05) is 0 Å². The minimum Gasteiger partial charge on any atom is -0.384 e. The Kier molecular flexibility index (Phi) is 4.38. The second-order valence-electron chi connectivity index (χ2n) is 3.07. The molecule has 0 spiro atoms. The highest BCUT2D eigenvalue weighted by Gasteiger charge is 2.15. The summed E-state index contributed by atoms with van der Waals surface area (Å²) in [6.07, 6.45) is 4.18. The molecule has 0 saturated carbocycles. The molecule has 68 valence electrons. The van der Waals surface area contributed by atoms with Crippen LogP contribution in [-0.2, 0) is 4.79 Å². The molecule has 1 unspecified atom stereocenters. The number of rotatable bonds is 3. The van der Waals surface area contributed by atoms with Crippen LogP contribution in [0.3, 0.4) is 0 Å². The van der Waals surface area contributed by atoms with Crippen LogP contribution in [0.2, 0.25) is 0 Å². The maximum absolute atomic E-state index is 11.0. The summed E-state index contributed by atoms with van der Waals surface area (Å²) >= 11 is 0. The van der Waals surface area contributed by atoms with Gasteiger partial charge in [-0.15, -0.1) is 6.42 Å². The number of hydrogen-bond donors (Lipinski definition) is 2. The molecule has 1 amide bonds. The molecule has 0 aliphatic rings. The summed E-state index contributed by atoms with van der Waals surface area (Å²) in [7, 11) is 0. The second kappa shape index (κ2) is 4.78. The Morgan fingerprint density at radius 1 is 1.50 bits per heavy atom. The number of nitrogens with one attached hydrogen (secondary N) is 1. The maximum atomic E-state index is 11.0. The number of hydrogen-bond acceptors (Lipinski definition) is 2. The van der Waals surface area contributed by atoms with Crippen molar-refractivity contribution in [1.29, 1.82) is 0 Å². The van der Waals surface area contributed by atoms with Crippen LogP contribution in [0.1, 0.15) is 20.8 Å². The van der Waals surface area contributed by atoms with Crippen molar-refractivity contribution in [2.75, 3.05) is 0 Å². The molecule has 0 aliphatic carbocycles. The smallest absolute Gasteiger partial charge is 0.249 e. The van der Waals surface area contributed by atoms with Crippen LogP contribution in [0.4, 0.5) is 0 Å². The van der Waals surface area contributed by atoms with E-state index in [9.17, 15) is 4.79 Å². The molecule has 0 fully saturated rings. The fourth-order valence-electron chi connectivity index (χ4n) is 0.675. The SMILES string of the molecule is C#CC(NC(=O)[C@@H](C)O)C(C)C. The van der Waals surface area contributed by atoms with Crippen molar-refractivity contribution in [3.8, 4) is 12.3 Å². The molecule has 0 aromatic heterocycles. The van der Waals surface area contributed by atoms with E-state index in [1.54, 1.807) is 0 Å². The van der Waals surface area contributed by atoms with Gasteiger partial charge in [-0.3, -0.25) is 4.79 Å². The van der Waals surface area contributed by atoms with E-state index in [0.29, 0.717) is 0 Å². The topological polar surface area (TPSA) is 49.3 Å². The molecule has 12 heavy (non-hydrogen) atoms. The largest absolute Gasteiger partial charge is 0.384 e. The minimum atomic E-state index is -1.00. The monoisotopic (exact) mass is 169 g/mol. The Bertz CT molecular complexity index is 191. The number of amides is 1. The lowest BCUT2D eigenvalue weighted by Gasteiger charge is -2.17. The average Bonchev–Trinajstić information content (AvgIpc) is 1.98. The Morgan fingerprint density at radius 3 is 2.25 bits per heavy atom. The van der Waals surface area contributed by atoms with E-state index in [1.165, 1.54) is 6.92 Å². The predicted molar refractivity (Wildman–Crippen MR) is 47.3 cm³/mol. The molecule has 2 N–H and O–H groups in total. The van der Waals surface area contributed by atoms with Crippen LogP contribution in [-0.4, -0.2) is 23.2 Å². The summed E-state index contributed by atoms with van der Waals surface area (Å²) < 4.78 is 0. The van der Waals surface area contributed by atoms with Crippen LogP contribution in [0.5, 0.6) is 0 Å². The van der Waals surface area contributed by atoms with Gasteiger partial charge in [0.05, 0.1) is 6.04 Å². The van der Waals surface area contributed by atoms with Crippen molar-refractivity contribution in [1.82, 2.24) is 5.32 Å². The molecule has 0 bridgehead atoms. The molecule has 0 heterocycles. The minimum absolute atomic E-state index is 0.178. The fraction of sp³-hybridized carbons (Fsp3) is 0.667. The summed E-state index contributed by atoms with van der Waals surface area (Å²) in [5.41, 5.74) is 0. The van der Waals surface area contributed by atoms with Crippen molar-refractivity contribution in [2.24, 2.45) is 5.92 Å². The highest BCUT2D eigenvalue weighted by Crippen LogP contribution is 1.99. The van der Waals surface area contributed by atoms with Crippen LogP contribution in [0, 0.1) is 18.3 Å². The number of carbonyl (C=O) groups is 1. The van der Waals surface area contributed by atoms with Crippen molar-refractivity contribution in [2.45, 2.75) is 32.9 Å².